The number of rotatable bonds is 1. The molecule has 0 fully saturated rings. The second kappa shape index (κ2) is 3.34. The molecule has 0 aliphatic heterocycles. The third-order valence-corrected chi connectivity index (χ3v) is 2.55. The zero-order chi connectivity index (χ0) is 11.0. The summed E-state index contributed by atoms with van der Waals surface area (Å²) in [6, 6.07) is 10.0. The molecule has 0 amide bonds. The average molecular weight is 210 g/mol. The number of aromatic nitrogens is 3. The number of H-pyrrole nitrogens is 1. The fourth-order valence-corrected chi connectivity index (χ4v) is 1.73. The Balaban J connectivity index is 2.23. The predicted octanol–water partition coefficient (Wildman–Crippen LogP) is 2.21. The number of nitrogens with zero attached hydrogens (tertiary/aromatic N) is 2. The van der Waals surface area contributed by atoms with Gasteiger partial charge in [0.05, 0.1) is 23.1 Å². The fraction of sp³-hybridized carbons (Fsp3) is 0. The standard InChI is InChI=1S/C12H10N4/c13-10-7-15-16-12(10)9-5-8-3-1-2-4-11(8)14-6-9/h1-7H,13H2,(H,15,16). The number of aromatic amines is 1. The molecule has 0 saturated carbocycles. The summed E-state index contributed by atoms with van der Waals surface area (Å²) < 4.78 is 0. The van der Waals surface area contributed by atoms with Crippen molar-refractivity contribution in [2.75, 3.05) is 5.73 Å². The zero-order valence-corrected chi connectivity index (χ0v) is 8.51. The first-order valence-corrected chi connectivity index (χ1v) is 4.98. The van der Waals surface area contributed by atoms with Gasteiger partial charge in [-0.2, -0.15) is 5.10 Å². The van der Waals surface area contributed by atoms with Gasteiger partial charge in [0.2, 0.25) is 0 Å². The van der Waals surface area contributed by atoms with E-state index in [2.05, 4.69) is 15.2 Å². The van der Waals surface area contributed by atoms with Gasteiger partial charge in [-0.15, -0.1) is 0 Å². The third kappa shape index (κ3) is 1.32. The van der Waals surface area contributed by atoms with Gasteiger partial charge < -0.3 is 5.73 Å². The Morgan fingerprint density at radius 1 is 1.12 bits per heavy atom. The molecule has 0 atom stereocenters. The Hall–Kier alpha value is -2.36. The van der Waals surface area contributed by atoms with Crippen LogP contribution in [0.1, 0.15) is 0 Å². The zero-order valence-electron chi connectivity index (χ0n) is 8.51. The molecule has 0 saturated heterocycles. The minimum atomic E-state index is 0.636. The molecule has 78 valence electrons. The molecule has 3 rings (SSSR count). The van der Waals surface area contributed by atoms with Crippen molar-refractivity contribution in [3.8, 4) is 11.3 Å². The fourth-order valence-electron chi connectivity index (χ4n) is 1.73. The second-order valence-corrected chi connectivity index (χ2v) is 3.62. The van der Waals surface area contributed by atoms with Crippen molar-refractivity contribution >= 4 is 16.6 Å². The first-order chi connectivity index (χ1) is 7.84. The summed E-state index contributed by atoms with van der Waals surface area (Å²) in [5.41, 5.74) is 9.18. The van der Waals surface area contributed by atoms with Gasteiger partial charge in [-0.1, -0.05) is 18.2 Å². The van der Waals surface area contributed by atoms with E-state index in [1.807, 2.05) is 30.3 Å². The van der Waals surface area contributed by atoms with Crippen molar-refractivity contribution in [1.29, 1.82) is 0 Å². The van der Waals surface area contributed by atoms with Crippen LogP contribution in [-0.4, -0.2) is 15.2 Å². The van der Waals surface area contributed by atoms with Gasteiger partial charge in [0.15, 0.2) is 0 Å². The summed E-state index contributed by atoms with van der Waals surface area (Å²) in [5, 5.41) is 7.86. The van der Waals surface area contributed by atoms with Crippen molar-refractivity contribution in [3.05, 3.63) is 42.7 Å². The quantitative estimate of drug-likeness (QED) is 0.647. The molecule has 0 aliphatic carbocycles. The molecule has 3 N–H and O–H groups in total. The number of para-hydroxylation sites is 1. The summed E-state index contributed by atoms with van der Waals surface area (Å²) in [6.07, 6.45) is 3.40. The van der Waals surface area contributed by atoms with E-state index in [1.54, 1.807) is 12.4 Å². The first kappa shape index (κ1) is 8.91. The van der Waals surface area contributed by atoms with Crippen molar-refractivity contribution in [3.63, 3.8) is 0 Å². The van der Waals surface area contributed by atoms with Crippen molar-refractivity contribution in [2.24, 2.45) is 0 Å². The Bertz CT molecular complexity index is 642. The van der Waals surface area contributed by atoms with E-state index in [0.717, 1.165) is 22.2 Å². The molecule has 4 heteroatoms. The normalized spacial score (nSPS) is 10.8. The number of anilines is 1. The van der Waals surface area contributed by atoms with Gasteiger partial charge >= 0.3 is 0 Å². The molecule has 3 aromatic rings. The number of fused-ring (bicyclic) bond motifs is 1. The van der Waals surface area contributed by atoms with E-state index in [1.165, 1.54) is 0 Å². The maximum absolute atomic E-state index is 5.80. The highest BCUT2D eigenvalue weighted by Crippen LogP contribution is 2.24. The van der Waals surface area contributed by atoms with Crippen LogP contribution >= 0.6 is 0 Å². The lowest BCUT2D eigenvalue weighted by Crippen LogP contribution is -1.88. The van der Waals surface area contributed by atoms with E-state index >= 15 is 0 Å². The number of nitrogens with one attached hydrogen (secondary N) is 1. The molecule has 0 aliphatic rings. The number of pyridine rings is 1. The van der Waals surface area contributed by atoms with Gasteiger partial charge in [0.25, 0.3) is 0 Å². The summed E-state index contributed by atoms with van der Waals surface area (Å²) in [4.78, 5) is 4.37. The Morgan fingerprint density at radius 2 is 2.00 bits per heavy atom. The van der Waals surface area contributed by atoms with E-state index in [9.17, 15) is 0 Å². The molecule has 0 bridgehead atoms. The second-order valence-electron chi connectivity index (χ2n) is 3.62. The van der Waals surface area contributed by atoms with E-state index in [0.29, 0.717) is 5.69 Å². The Morgan fingerprint density at radius 3 is 2.81 bits per heavy atom. The highest BCUT2D eigenvalue weighted by molar-refractivity contribution is 5.84. The third-order valence-electron chi connectivity index (χ3n) is 2.55. The van der Waals surface area contributed by atoms with Crippen LogP contribution in [0.15, 0.2) is 42.7 Å². The van der Waals surface area contributed by atoms with Crippen molar-refractivity contribution in [1.82, 2.24) is 15.2 Å². The number of benzene rings is 1. The van der Waals surface area contributed by atoms with Crippen molar-refractivity contribution < 1.29 is 0 Å². The molecular formula is C12H10N4. The Kier molecular flexibility index (Phi) is 1.86. The number of hydrogen-bond donors (Lipinski definition) is 2. The van der Waals surface area contributed by atoms with Crippen LogP contribution in [0.25, 0.3) is 22.2 Å². The molecule has 2 aromatic heterocycles. The monoisotopic (exact) mass is 210 g/mol. The van der Waals surface area contributed by atoms with Crippen LogP contribution < -0.4 is 5.73 Å². The molecule has 1 aromatic carbocycles. The molecule has 0 unspecified atom stereocenters. The first-order valence-electron chi connectivity index (χ1n) is 4.98. The highest BCUT2D eigenvalue weighted by atomic mass is 15.1. The van der Waals surface area contributed by atoms with E-state index in [4.69, 9.17) is 5.73 Å². The number of nitrogens with two attached hydrogens (primary N) is 1. The van der Waals surface area contributed by atoms with Gasteiger partial charge in [0.1, 0.15) is 0 Å². The minimum Gasteiger partial charge on any atom is -0.396 e. The lowest BCUT2D eigenvalue weighted by Gasteiger charge is -2.01. The SMILES string of the molecule is Nc1cn[nH]c1-c1cnc2ccccc2c1. The summed E-state index contributed by atoms with van der Waals surface area (Å²) in [6.45, 7) is 0. The van der Waals surface area contributed by atoms with Crippen LogP contribution in [0.2, 0.25) is 0 Å². The van der Waals surface area contributed by atoms with Crippen LogP contribution in [0.3, 0.4) is 0 Å². The van der Waals surface area contributed by atoms with Gasteiger partial charge in [-0.05, 0) is 12.1 Å². The highest BCUT2D eigenvalue weighted by Gasteiger charge is 2.05. The summed E-state index contributed by atoms with van der Waals surface area (Å²) >= 11 is 0. The molecular weight excluding hydrogens is 200 g/mol. The van der Waals surface area contributed by atoms with Crippen LogP contribution in [0.5, 0.6) is 0 Å². The van der Waals surface area contributed by atoms with E-state index in [-0.39, 0.29) is 0 Å². The Labute approximate surface area is 92.1 Å². The summed E-state index contributed by atoms with van der Waals surface area (Å²) in [5.74, 6) is 0. The van der Waals surface area contributed by atoms with Gasteiger partial charge in [-0.25, -0.2) is 0 Å². The number of nitrogen functional groups attached to an aromatic ring is 1. The maximum atomic E-state index is 5.80. The van der Waals surface area contributed by atoms with Crippen LogP contribution in [0, 0.1) is 0 Å². The molecule has 0 radical (unpaired) electrons. The van der Waals surface area contributed by atoms with Gasteiger partial charge in [0, 0.05) is 17.1 Å². The molecule has 2 heterocycles. The minimum absolute atomic E-state index is 0.636. The maximum Gasteiger partial charge on any atom is 0.0895 e. The largest absolute Gasteiger partial charge is 0.396 e. The smallest absolute Gasteiger partial charge is 0.0895 e. The lowest BCUT2D eigenvalue weighted by molar-refractivity contribution is 1.09. The molecule has 16 heavy (non-hydrogen) atoms. The average Bonchev–Trinajstić information content (AvgIpc) is 2.75. The summed E-state index contributed by atoms with van der Waals surface area (Å²) in [7, 11) is 0. The topological polar surface area (TPSA) is 67.6 Å². The molecule has 0 spiro atoms. The van der Waals surface area contributed by atoms with Crippen molar-refractivity contribution in [2.45, 2.75) is 0 Å². The van der Waals surface area contributed by atoms with Gasteiger partial charge in [-0.3, -0.25) is 10.1 Å². The van der Waals surface area contributed by atoms with Crippen LogP contribution in [-0.2, 0) is 0 Å². The van der Waals surface area contributed by atoms with E-state index < -0.39 is 0 Å². The lowest BCUT2D eigenvalue weighted by atomic mass is 10.1. The van der Waals surface area contributed by atoms with Crippen LogP contribution in [0.4, 0.5) is 5.69 Å². The number of hydrogen-bond acceptors (Lipinski definition) is 3. The predicted molar refractivity (Wildman–Crippen MR) is 63.7 cm³/mol. The molecule has 4 nitrogen and oxygen atoms in total.